The number of halogens is 4. The Labute approximate surface area is 114 Å². The summed E-state index contributed by atoms with van der Waals surface area (Å²) in [5.41, 5.74) is 1.61. The molecule has 1 atom stereocenters. The zero-order chi connectivity index (χ0) is 13.3. The summed E-state index contributed by atoms with van der Waals surface area (Å²) < 4.78 is 26.1. The van der Waals surface area contributed by atoms with E-state index in [2.05, 4.69) is 0 Å². The Kier molecular flexibility index (Phi) is 3.88. The van der Waals surface area contributed by atoms with Gasteiger partial charge in [-0.05, 0) is 35.4 Å². The van der Waals surface area contributed by atoms with Crippen molar-refractivity contribution in [2.45, 2.75) is 12.8 Å². The van der Waals surface area contributed by atoms with E-state index >= 15 is 0 Å². The van der Waals surface area contributed by atoms with Gasteiger partial charge in [0.15, 0.2) is 0 Å². The van der Waals surface area contributed by atoms with Gasteiger partial charge in [-0.2, -0.15) is 0 Å². The van der Waals surface area contributed by atoms with Crippen molar-refractivity contribution in [3.63, 3.8) is 0 Å². The van der Waals surface area contributed by atoms with Crippen molar-refractivity contribution in [3.05, 3.63) is 69.2 Å². The van der Waals surface area contributed by atoms with Crippen LogP contribution in [0.5, 0.6) is 0 Å². The molecule has 0 bridgehead atoms. The normalized spacial score (nSPS) is 12.5. The SMILES string of the molecule is CC(c1ccc(F)c(Cl)c1)c1ccc(F)cc1Cl. The Hall–Kier alpha value is -1.12. The summed E-state index contributed by atoms with van der Waals surface area (Å²) >= 11 is 11.7. The van der Waals surface area contributed by atoms with Gasteiger partial charge in [-0.25, -0.2) is 8.78 Å². The minimum atomic E-state index is -0.460. The standard InChI is InChI=1S/C14H10Cl2F2/c1-8(9-2-5-14(18)13(16)6-9)11-4-3-10(17)7-12(11)15/h2-8H,1H3. The Morgan fingerprint density at radius 3 is 2.28 bits per heavy atom. The van der Waals surface area contributed by atoms with Crippen LogP contribution in [0, 0.1) is 11.6 Å². The van der Waals surface area contributed by atoms with Gasteiger partial charge >= 0.3 is 0 Å². The van der Waals surface area contributed by atoms with E-state index in [1.165, 1.54) is 18.2 Å². The maximum atomic E-state index is 13.1. The monoisotopic (exact) mass is 286 g/mol. The summed E-state index contributed by atoms with van der Waals surface area (Å²) in [6.45, 7) is 1.91. The first-order chi connectivity index (χ1) is 8.49. The highest BCUT2D eigenvalue weighted by atomic mass is 35.5. The van der Waals surface area contributed by atoms with Crippen LogP contribution in [0.1, 0.15) is 24.0 Å². The third-order valence-electron chi connectivity index (χ3n) is 2.87. The van der Waals surface area contributed by atoms with Crippen LogP contribution in [0.2, 0.25) is 10.0 Å². The molecular weight excluding hydrogens is 277 g/mol. The third-order valence-corrected chi connectivity index (χ3v) is 3.49. The molecule has 0 aliphatic heterocycles. The molecule has 18 heavy (non-hydrogen) atoms. The molecule has 0 spiro atoms. The van der Waals surface area contributed by atoms with Gasteiger partial charge in [0, 0.05) is 10.9 Å². The first-order valence-electron chi connectivity index (χ1n) is 5.39. The van der Waals surface area contributed by atoms with Gasteiger partial charge in [0.2, 0.25) is 0 Å². The second-order valence-corrected chi connectivity index (χ2v) is 4.88. The predicted molar refractivity (Wildman–Crippen MR) is 70.3 cm³/mol. The zero-order valence-corrected chi connectivity index (χ0v) is 11.1. The molecule has 0 N–H and O–H groups in total. The lowest BCUT2D eigenvalue weighted by Gasteiger charge is -2.14. The van der Waals surface area contributed by atoms with E-state index in [0.29, 0.717) is 5.02 Å². The van der Waals surface area contributed by atoms with Crippen LogP contribution in [0.3, 0.4) is 0 Å². The van der Waals surface area contributed by atoms with Gasteiger partial charge in [0.25, 0.3) is 0 Å². The molecular formula is C14H10Cl2F2. The average molecular weight is 287 g/mol. The van der Waals surface area contributed by atoms with E-state index in [1.54, 1.807) is 18.2 Å². The van der Waals surface area contributed by atoms with Crippen LogP contribution in [-0.4, -0.2) is 0 Å². The van der Waals surface area contributed by atoms with Crippen molar-refractivity contribution < 1.29 is 8.78 Å². The number of hydrogen-bond acceptors (Lipinski definition) is 0. The van der Waals surface area contributed by atoms with E-state index in [4.69, 9.17) is 23.2 Å². The van der Waals surface area contributed by atoms with Gasteiger partial charge in [0.05, 0.1) is 5.02 Å². The summed E-state index contributed by atoms with van der Waals surface area (Å²) in [7, 11) is 0. The smallest absolute Gasteiger partial charge is 0.141 e. The molecule has 2 aromatic rings. The van der Waals surface area contributed by atoms with E-state index in [9.17, 15) is 8.78 Å². The fourth-order valence-electron chi connectivity index (χ4n) is 1.81. The van der Waals surface area contributed by atoms with Crippen molar-refractivity contribution in [1.29, 1.82) is 0 Å². The van der Waals surface area contributed by atoms with Crippen LogP contribution in [0.25, 0.3) is 0 Å². The first-order valence-corrected chi connectivity index (χ1v) is 6.14. The Morgan fingerprint density at radius 2 is 1.67 bits per heavy atom. The zero-order valence-electron chi connectivity index (χ0n) is 9.55. The largest absolute Gasteiger partial charge is 0.207 e. The molecule has 0 nitrogen and oxygen atoms in total. The Balaban J connectivity index is 2.41. The lowest BCUT2D eigenvalue weighted by atomic mass is 9.93. The minimum absolute atomic E-state index is 0.0672. The van der Waals surface area contributed by atoms with E-state index in [-0.39, 0.29) is 16.8 Å². The molecule has 0 aromatic heterocycles. The molecule has 0 saturated carbocycles. The van der Waals surface area contributed by atoms with Crippen LogP contribution < -0.4 is 0 Å². The van der Waals surface area contributed by atoms with Gasteiger partial charge in [-0.15, -0.1) is 0 Å². The van der Waals surface area contributed by atoms with Crippen LogP contribution in [-0.2, 0) is 0 Å². The molecule has 94 valence electrons. The molecule has 2 rings (SSSR count). The molecule has 4 heteroatoms. The molecule has 0 saturated heterocycles. The molecule has 0 heterocycles. The summed E-state index contributed by atoms with van der Waals surface area (Å²) in [4.78, 5) is 0. The highest BCUT2D eigenvalue weighted by molar-refractivity contribution is 6.31. The second kappa shape index (κ2) is 5.25. The minimum Gasteiger partial charge on any atom is -0.207 e. The summed E-state index contributed by atoms with van der Waals surface area (Å²) in [5, 5.41) is 0.417. The fourth-order valence-corrected chi connectivity index (χ4v) is 2.33. The van der Waals surface area contributed by atoms with E-state index in [1.807, 2.05) is 6.92 Å². The molecule has 0 aliphatic carbocycles. The maximum absolute atomic E-state index is 13.1. The summed E-state index contributed by atoms with van der Waals surface area (Å²) in [5.74, 6) is -0.929. The highest BCUT2D eigenvalue weighted by Crippen LogP contribution is 2.32. The molecule has 0 amide bonds. The van der Waals surface area contributed by atoms with Crippen molar-refractivity contribution in [1.82, 2.24) is 0 Å². The molecule has 2 aromatic carbocycles. The second-order valence-electron chi connectivity index (χ2n) is 4.06. The molecule has 0 aliphatic rings. The predicted octanol–water partition coefficient (Wildman–Crippen LogP) is 5.42. The lowest BCUT2D eigenvalue weighted by Crippen LogP contribution is -1.98. The van der Waals surface area contributed by atoms with Gasteiger partial charge in [0.1, 0.15) is 11.6 Å². The van der Waals surface area contributed by atoms with Crippen LogP contribution in [0.15, 0.2) is 36.4 Å². The first kappa shape index (κ1) is 13.3. The molecule has 1 unspecified atom stereocenters. The third kappa shape index (κ3) is 2.65. The van der Waals surface area contributed by atoms with Gasteiger partial charge in [-0.3, -0.25) is 0 Å². The van der Waals surface area contributed by atoms with Crippen molar-refractivity contribution >= 4 is 23.2 Å². The van der Waals surface area contributed by atoms with E-state index in [0.717, 1.165) is 11.1 Å². The van der Waals surface area contributed by atoms with Crippen molar-refractivity contribution in [2.24, 2.45) is 0 Å². The summed E-state index contributed by atoms with van der Waals surface area (Å²) in [6, 6.07) is 8.75. The Morgan fingerprint density at radius 1 is 0.944 bits per heavy atom. The van der Waals surface area contributed by atoms with Crippen molar-refractivity contribution in [2.75, 3.05) is 0 Å². The van der Waals surface area contributed by atoms with Crippen LogP contribution >= 0.6 is 23.2 Å². The van der Waals surface area contributed by atoms with Crippen LogP contribution in [0.4, 0.5) is 8.78 Å². The molecule has 0 fully saturated rings. The fraction of sp³-hybridized carbons (Fsp3) is 0.143. The van der Waals surface area contributed by atoms with Gasteiger partial charge in [-0.1, -0.05) is 42.3 Å². The highest BCUT2D eigenvalue weighted by Gasteiger charge is 2.14. The van der Waals surface area contributed by atoms with E-state index < -0.39 is 5.82 Å². The van der Waals surface area contributed by atoms with Gasteiger partial charge < -0.3 is 0 Å². The lowest BCUT2D eigenvalue weighted by molar-refractivity contribution is 0.626. The Bertz CT molecular complexity index is 582. The number of hydrogen-bond donors (Lipinski definition) is 0. The van der Waals surface area contributed by atoms with Crippen molar-refractivity contribution in [3.8, 4) is 0 Å². The average Bonchev–Trinajstić information content (AvgIpc) is 2.32. The number of rotatable bonds is 2. The molecule has 0 radical (unpaired) electrons. The summed E-state index contributed by atoms with van der Waals surface area (Å²) in [6.07, 6.45) is 0. The maximum Gasteiger partial charge on any atom is 0.141 e. The number of benzene rings is 2. The quantitative estimate of drug-likeness (QED) is 0.691. The topological polar surface area (TPSA) is 0 Å².